The second kappa shape index (κ2) is 6.61. The predicted molar refractivity (Wildman–Crippen MR) is 76.6 cm³/mol. The van der Waals surface area contributed by atoms with E-state index in [2.05, 4.69) is 22.1 Å². The number of halogens is 1. The first-order chi connectivity index (χ1) is 8.15. The molecule has 0 aromatic heterocycles. The summed E-state index contributed by atoms with van der Waals surface area (Å²) in [6.45, 7) is 6.08. The molecule has 18 heavy (non-hydrogen) atoms. The summed E-state index contributed by atoms with van der Waals surface area (Å²) in [7, 11) is 2.13. The van der Waals surface area contributed by atoms with Crippen LogP contribution in [0.4, 0.5) is 0 Å². The molecule has 0 radical (unpaired) electrons. The third-order valence-electron chi connectivity index (χ3n) is 3.06. The van der Waals surface area contributed by atoms with Crippen LogP contribution in [0.2, 0.25) is 0 Å². The van der Waals surface area contributed by atoms with Crippen LogP contribution in [0.5, 0.6) is 5.75 Å². The summed E-state index contributed by atoms with van der Waals surface area (Å²) in [5, 5.41) is 16.0. The summed E-state index contributed by atoms with van der Waals surface area (Å²) in [6.07, 6.45) is 0. The molecule has 5 heteroatoms. The van der Waals surface area contributed by atoms with Crippen LogP contribution < -0.4 is 0 Å². The highest BCUT2D eigenvalue weighted by atomic mass is 35.5. The molecule has 1 aromatic rings. The van der Waals surface area contributed by atoms with E-state index in [1.807, 2.05) is 19.1 Å². The molecule has 2 rings (SSSR count). The van der Waals surface area contributed by atoms with Gasteiger partial charge in [0.05, 0.1) is 5.71 Å². The molecule has 0 amide bonds. The number of phenols is 1. The summed E-state index contributed by atoms with van der Waals surface area (Å²) < 4.78 is 0. The lowest BCUT2D eigenvalue weighted by molar-refractivity contribution is 0.159. The number of hydrogen-bond acceptors (Lipinski definition) is 4. The van der Waals surface area contributed by atoms with E-state index in [0.29, 0.717) is 5.75 Å². The van der Waals surface area contributed by atoms with Crippen LogP contribution in [0, 0.1) is 0 Å². The topological polar surface area (TPSA) is 39.1 Å². The van der Waals surface area contributed by atoms with E-state index in [0.717, 1.165) is 37.5 Å². The van der Waals surface area contributed by atoms with Crippen LogP contribution in [0.25, 0.3) is 0 Å². The Morgan fingerprint density at radius 3 is 2.22 bits per heavy atom. The van der Waals surface area contributed by atoms with Gasteiger partial charge in [0.25, 0.3) is 0 Å². The van der Waals surface area contributed by atoms with E-state index in [9.17, 15) is 5.11 Å². The van der Waals surface area contributed by atoms with E-state index in [-0.39, 0.29) is 12.4 Å². The number of hydrogen-bond donors (Lipinski definition) is 1. The minimum atomic E-state index is 0. The minimum absolute atomic E-state index is 0. The fourth-order valence-electron chi connectivity index (χ4n) is 1.87. The van der Waals surface area contributed by atoms with Gasteiger partial charge in [0.15, 0.2) is 0 Å². The van der Waals surface area contributed by atoms with E-state index in [4.69, 9.17) is 0 Å². The molecule has 0 bridgehead atoms. The quantitative estimate of drug-likeness (QED) is 0.832. The Labute approximate surface area is 114 Å². The Balaban J connectivity index is 0.00000162. The maximum Gasteiger partial charge on any atom is 0.115 e. The smallest absolute Gasteiger partial charge is 0.115 e. The van der Waals surface area contributed by atoms with Gasteiger partial charge >= 0.3 is 0 Å². The molecule has 1 aromatic carbocycles. The largest absolute Gasteiger partial charge is 0.508 e. The van der Waals surface area contributed by atoms with Gasteiger partial charge in [-0.05, 0) is 43.8 Å². The summed E-state index contributed by atoms with van der Waals surface area (Å²) in [5.74, 6) is 0.293. The zero-order valence-electron chi connectivity index (χ0n) is 10.8. The molecular formula is C13H20ClN3O. The molecule has 1 N–H and O–H groups in total. The average molecular weight is 270 g/mol. The first-order valence-corrected chi connectivity index (χ1v) is 5.93. The molecular weight excluding hydrogens is 250 g/mol. The minimum Gasteiger partial charge on any atom is -0.508 e. The molecule has 0 spiro atoms. The lowest BCUT2D eigenvalue weighted by Gasteiger charge is -2.30. The Bertz CT molecular complexity index is 397. The van der Waals surface area contributed by atoms with E-state index in [1.54, 1.807) is 12.1 Å². The van der Waals surface area contributed by atoms with Crippen LogP contribution in [-0.4, -0.2) is 54.0 Å². The molecule has 1 aliphatic heterocycles. The molecule has 0 atom stereocenters. The van der Waals surface area contributed by atoms with Crippen LogP contribution in [-0.2, 0) is 0 Å². The number of likely N-dealkylation sites (N-methyl/N-ethyl adjacent to an activating group) is 1. The highest BCUT2D eigenvalue weighted by Crippen LogP contribution is 2.11. The Morgan fingerprint density at radius 1 is 1.11 bits per heavy atom. The summed E-state index contributed by atoms with van der Waals surface area (Å²) in [4.78, 5) is 2.31. The van der Waals surface area contributed by atoms with Crippen molar-refractivity contribution in [2.75, 3.05) is 33.2 Å². The number of piperazine rings is 1. The number of aromatic hydroxyl groups is 1. The van der Waals surface area contributed by atoms with Gasteiger partial charge in [0, 0.05) is 26.2 Å². The van der Waals surface area contributed by atoms with Crippen molar-refractivity contribution in [1.82, 2.24) is 9.91 Å². The zero-order valence-corrected chi connectivity index (χ0v) is 11.7. The first kappa shape index (κ1) is 14.8. The van der Waals surface area contributed by atoms with Crippen molar-refractivity contribution in [2.24, 2.45) is 5.10 Å². The molecule has 1 fully saturated rings. The number of rotatable bonds is 2. The van der Waals surface area contributed by atoms with Crippen molar-refractivity contribution in [3.05, 3.63) is 29.8 Å². The number of nitrogens with zero attached hydrogens (tertiary/aromatic N) is 3. The number of phenolic OH excluding ortho intramolecular Hbond substituents is 1. The van der Waals surface area contributed by atoms with Gasteiger partial charge in [-0.2, -0.15) is 5.10 Å². The van der Waals surface area contributed by atoms with Crippen molar-refractivity contribution < 1.29 is 5.11 Å². The summed E-state index contributed by atoms with van der Waals surface area (Å²) in [5.41, 5.74) is 2.05. The SMILES string of the molecule is CC(=NN1CCN(C)CC1)c1ccc(O)cc1.Cl. The maximum absolute atomic E-state index is 9.23. The van der Waals surface area contributed by atoms with Crippen molar-refractivity contribution >= 4 is 18.1 Å². The second-order valence-electron chi connectivity index (χ2n) is 4.49. The standard InChI is InChI=1S/C13H19N3O.ClH/c1-11(12-3-5-13(17)6-4-12)14-16-9-7-15(2)8-10-16;/h3-6,17H,7-10H2,1-2H3;1H. The van der Waals surface area contributed by atoms with Crippen molar-refractivity contribution in [2.45, 2.75) is 6.92 Å². The van der Waals surface area contributed by atoms with Crippen LogP contribution in [0.1, 0.15) is 12.5 Å². The highest BCUT2D eigenvalue weighted by molar-refractivity contribution is 5.98. The third kappa shape index (κ3) is 3.89. The lowest BCUT2D eigenvalue weighted by Crippen LogP contribution is -2.42. The monoisotopic (exact) mass is 269 g/mol. The fraction of sp³-hybridized carbons (Fsp3) is 0.462. The molecule has 0 saturated carbocycles. The average Bonchev–Trinajstić information content (AvgIpc) is 2.33. The van der Waals surface area contributed by atoms with Gasteiger partial charge in [-0.15, -0.1) is 12.4 Å². The van der Waals surface area contributed by atoms with Crippen LogP contribution in [0.15, 0.2) is 29.4 Å². The van der Waals surface area contributed by atoms with Gasteiger partial charge in [-0.25, -0.2) is 0 Å². The van der Waals surface area contributed by atoms with E-state index < -0.39 is 0 Å². The number of benzene rings is 1. The Hall–Kier alpha value is -1.26. The van der Waals surface area contributed by atoms with Gasteiger partial charge < -0.3 is 10.0 Å². The summed E-state index contributed by atoms with van der Waals surface area (Å²) >= 11 is 0. The van der Waals surface area contributed by atoms with E-state index in [1.165, 1.54) is 0 Å². The lowest BCUT2D eigenvalue weighted by atomic mass is 10.1. The molecule has 4 nitrogen and oxygen atoms in total. The van der Waals surface area contributed by atoms with Crippen LogP contribution in [0.3, 0.4) is 0 Å². The van der Waals surface area contributed by atoms with Gasteiger partial charge in [-0.3, -0.25) is 5.01 Å². The molecule has 0 unspecified atom stereocenters. The van der Waals surface area contributed by atoms with Gasteiger partial charge in [-0.1, -0.05) is 0 Å². The molecule has 1 saturated heterocycles. The molecule has 0 aliphatic carbocycles. The molecule has 1 aliphatic rings. The molecule has 100 valence electrons. The second-order valence-corrected chi connectivity index (χ2v) is 4.49. The summed E-state index contributed by atoms with van der Waals surface area (Å²) in [6, 6.07) is 7.17. The van der Waals surface area contributed by atoms with Crippen molar-refractivity contribution in [1.29, 1.82) is 0 Å². The fourth-order valence-corrected chi connectivity index (χ4v) is 1.87. The highest BCUT2D eigenvalue weighted by Gasteiger charge is 2.12. The number of hydrazone groups is 1. The van der Waals surface area contributed by atoms with Crippen molar-refractivity contribution in [3.63, 3.8) is 0 Å². The first-order valence-electron chi connectivity index (χ1n) is 5.93. The maximum atomic E-state index is 9.23. The van der Waals surface area contributed by atoms with Gasteiger partial charge in [0.1, 0.15) is 5.75 Å². The van der Waals surface area contributed by atoms with E-state index >= 15 is 0 Å². The Kier molecular flexibility index (Phi) is 5.44. The van der Waals surface area contributed by atoms with Crippen molar-refractivity contribution in [3.8, 4) is 5.75 Å². The third-order valence-corrected chi connectivity index (χ3v) is 3.06. The normalized spacial score (nSPS) is 17.4. The molecule has 1 heterocycles. The Morgan fingerprint density at radius 2 is 1.67 bits per heavy atom. The van der Waals surface area contributed by atoms with Crippen LogP contribution >= 0.6 is 12.4 Å². The predicted octanol–water partition coefficient (Wildman–Crippen LogP) is 1.79. The van der Waals surface area contributed by atoms with Gasteiger partial charge in [0.2, 0.25) is 0 Å². The zero-order chi connectivity index (χ0) is 12.3.